The molecule has 0 saturated heterocycles. The summed E-state index contributed by atoms with van der Waals surface area (Å²) in [5, 5.41) is 1.41. The highest BCUT2D eigenvalue weighted by Crippen LogP contribution is 2.36. The van der Waals surface area contributed by atoms with Gasteiger partial charge in [-0.1, -0.05) is 52.8 Å². The first-order chi connectivity index (χ1) is 13.8. The van der Waals surface area contributed by atoms with Crippen LogP contribution in [0.3, 0.4) is 0 Å². The number of aromatic nitrogens is 1. The number of halogens is 2. The molecule has 0 fully saturated rings. The number of aryl methyl sites for hydroxylation is 3. The van der Waals surface area contributed by atoms with E-state index in [-0.39, 0.29) is 18.3 Å². The average molecular weight is 466 g/mol. The third-order valence-electron chi connectivity index (χ3n) is 5.05. The van der Waals surface area contributed by atoms with E-state index in [0.717, 1.165) is 45.0 Å². The Morgan fingerprint density at radius 1 is 1.07 bits per heavy atom. The number of carbonyl (C=O) groups is 1. The van der Waals surface area contributed by atoms with E-state index in [1.165, 1.54) is 16.9 Å². The maximum absolute atomic E-state index is 13.3. The van der Waals surface area contributed by atoms with Crippen molar-refractivity contribution in [2.24, 2.45) is 0 Å². The van der Waals surface area contributed by atoms with E-state index in [0.29, 0.717) is 18.0 Å². The molecule has 0 radical (unpaired) electrons. The predicted molar refractivity (Wildman–Crippen MR) is 132 cm³/mol. The summed E-state index contributed by atoms with van der Waals surface area (Å²) in [6.07, 6.45) is 1.26. The van der Waals surface area contributed by atoms with Crippen LogP contribution < -0.4 is 4.90 Å². The first-order valence-electron chi connectivity index (χ1n) is 9.83. The Labute approximate surface area is 194 Å². The van der Waals surface area contributed by atoms with Crippen molar-refractivity contribution in [3.8, 4) is 0 Å². The van der Waals surface area contributed by atoms with Gasteiger partial charge in [-0.25, -0.2) is 4.98 Å². The third kappa shape index (κ3) is 5.73. The molecule has 1 amide bonds. The van der Waals surface area contributed by atoms with E-state index in [4.69, 9.17) is 16.6 Å². The number of hydrogen-bond donors (Lipinski definition) is 0. The Hall–Kier alpha value is -1.66. The molecule has 0 N–H and O–H groups in total. The predicted octanol–water partition coefficient (Wildman–Crippen LogP) is 5.82. The number of thiazole rings is 1. The smallest absolute Gasteiger partial charge is 0.233 e. The van der Waals surface area contributed by atoms with Crippen molar-refractivity contribution in [2.75, 3.05) is 32.1 Å². The summed E-state index contributed by atoms with van der Waals surface area (Å²) in [4.78, 5) is 22.1. The van der Waals surface area contributed by atoms with Crippen molar-refractivity contribution < 1.29 is 4.79 Å². The summed E-state index contributed by atoms with van der Waals surface area (Å²) in [5.41, 5.74) is 5.33. The Morgan fingerprint density at radius 3 is 2.43 bits per heavy atom. The molecule has 3 aromatic rings. The summed E-state index contributed by atoms with van der Waals surface area (Å²) in [6, 6.07) is 10.1. The number of hydrogen-bond acceptors (Lipinski definition) is 4. The van der Waals surface area contributed by atoms with E-state index in [9.17, 15) is 4.79 Å². The SMILES string of the molecule is Cc1ccc(C)c(CC(=O)N(CCCN(C)C)c2nc3c(C)ccc(Cl)c3s2)c1.Cl. The van der Waals surface area contributed by atoms with Gasteiger partial charge in [-0.15, -0.1) is 12.4 Å². The first-order valence-corrected chi connectivity index (χ1v) is 11.0. The standard InChI is InChI=1S/C23H28ClN3OS.ClH/c1-15-7-8-16(2)18(13-15)14-20(28)27(12-6-11-26(4)5)23-25-21-17(3)9-10-19(24)22(21)29-23;/h7-10,13H,6,11-12,14H2,1-5H3;1H. The highest BCUT2D eigenvalue weighted by Gasteiger charge is 2.22. The van der Waals surface area contributed by atoms with E-state index >= 15 is 0 Å². The zero-order valence-electron chi connectivity index (χ0n) is 18.2. The van der Waals surface area contributed by atoms with Crippen molar-refractivity contribution >= 4 is 56.6 Å². The normalized spacial score (nSPS) is 11.0. The number of fused-ring (bicyclic) bond motifs is 1. The van der Waals surface area contributed by atoms with Crippen LogP contribution in [0, 0.1) is 20.8 Å². The second-order valence-electron chi connectivity index (χ2n) is 7.85. The van der Waals surface area contributed by atoms with Gasteiger partial charge in [-0.2, -0.15) is 0 Å². The average Bonchev–Trinajstić information content (AvgIpc) is 3.11. The molecule has 0 saturated carbocycles. The molecule has 0 bridgehead atoms. The Kier molecular flexibility index (Phi) is 8.68. The van der Waals surface area contributed by atoms with Crippen molar-refractivity contribution in [1.82, 2.24) is 9.88 Å². The van der Waals surface area contributed by atoms with Crippen LogP contribution in [-0.2, 0) is 11.2 Å². The molecule has 7 heteroatoms. The monoisotopic (exact) mass is 465 g/mol. The van der Waals surface area contributed by atoms with Crippen LogP contribution >= 0.6 is 35.3 Å². The van der Waals surface area contributed by atoms with Gasteiger partial charge in [-0.05, 0) is 70.6 Å². The molecule has 4 nitrogen and oxygen atoms in total. The number of carbonyl (C=O) groups excluding carboxylic acids is 1. The van der Waals surface area contributed by atoms with E-state index < -0.39 is 0 Å². The maximum Gasteiger partial charge on any atom is 0.233 e. The van der Waals surface area contributed by atoms with Crippen LogP contribution in [0.2, 0.25) is 5.02 Å². The Bertz CT molecular complexity index is 994. The van der Waals surface area contributed by atoms with Gasteiger partial charge >= 0.3 is 0 Å². The van der Waals surface area contributed by atoms with E-state index in [1.807, 2.05) is 38.1 Å². The Morgan fingerprint density at radius 2 is 1.77 bits per heavy atom. The number of nitrogens with zero attached hydrogens (tertiary/aromatic N) is 3. The molecule has 30 heavy (non-hydrogen) atoms. The number of benzene rings is 2. The van der Waals surface area contributed by atoms with Gasteiger partial charge in [0.1, 0.15) is 0 Å². The highest BCUT2D eigenvalue weighted by molar-refractivity contribution is 7.23. The Balaban J connectivity index is 0.00000320. The van der Waals surface area contributed by atoms with Gasteiger partial charge in [0.15, 0.2) is 5.13 Å². The van der Waals surface area contributed by atoms with Crippen molar-refractivity contribution in [2.45, 2.75) is 33.6 Å². The fourth-order valence-corrected chi connectivity index (χ4v) is 4.69. The van der Waals surface area contributed by atoms with Gasteiger partial charge in [0.2, 0.25) is 5.91 Å². The second-order valence-corrected chi connectivity index (χ2v) is 9.23. The first kappa shape index (κ1) is 24.6. The van der Waals surface area contributed by atoms with Crippen LogP contribution in [0.5, 0.6) is 0 Å². The zero-order chi connectivity index (χ0) is 21.1. The maximum atomic E-state index is 13.3. The molecule has 1 aromatic heterocycles. The molecule has 3 rings (SSSR count). The zero-order valence-corrected chi connectivity index (χ0v) is 20.5. The van der Waals surface area contributed by atoms with Crippen LogP contribution in [0.25, 0.3) is 10.2 Å². The van der Waals surface area contributed by atoms with Crippen LogP contribution in [0.1, 0.15) is 28.7 Å². The van der Waals surface area contributed by atoms with Gasteiger partial charge in [0.25, 0.3) is 0 Å². The summed E-state index contributed by atoms with van der Waals surface area (Å²) < 4.78 is 0.943. The largest absolute Gasteiger partial charge is 0.309 e. The number of rotatable bonds is 7. The minimum atomic E-state index is 0. The molecular weight excluding hydrogens is 437 g/mol. The fourth-order valence-electron chi connectivity index (χ4n) is 3.33. The third-order valence-corrected chi connectivity index (χ3v) is 6.59. The number of anilines is 1. The molecule has 0 unspecified atom stereocenters. The summed E-state index contributed by atoms with van der Waals surface area (Å²) in [6.45, 7) is 7.69. The minimum absolute atomic E-state index is 0. The minimum Gasteiger partial charge on any atom is -0.309 e. The lowest BCUT2D eigenvalue weighted by atomic mass is 10.0. The van der Waals surface area contributed by atoms with E-state index in [2.05, 4.69) is 36.9 Å². The van der Waals surface area contributed by atoms with Gasteiger partial charge in [-0.3, -0.25) is 9.69 Å². The van der Waals surface area contributed by atoms with Crippen molar-refractivity contribution in [3.63, 3.8) is 0 Å². The van der Waals surface area contributed by atoms with Crippen LogP contribution in [0.15, 0.2) is 30.3 Å². The van der Waals surface area contributed by atoms with Crippen molar-refractivity contribution in [3.05, 3.63) is 57.6 Å². The summed E-state index contributed by atoms with van der Waals surface area (Å²) in [5.74, 6) is 0.0743. The molecule has 0 spiro atoms. The highest BCUT2D eigenvalue weighted by atomic mass is 35.5. The lowest BCUT2D eigenvalue weighted by Gasteiger charge is -2.21. The van der Waals surface area contributed by atoms with E-state index in [1.54, 1.807) is 0 Å². The van der Waals surface area contributed by atoms with Crippen molar-refractivity contribution in [1.29, 1.82) is 0 Å². The lowest BCUT2D eigenvalue weighted by molar-refractivity contribution is -0.118. The summed E-state index contributed by atoms with van der Waals surface area (Å²) >= 11 is 7.90. The van der Waals surface area contributed by atoms with Crippen LogP contribution in [0.4, 0.5) is 5.13 Å². The second kappa shape index (κ2) is 10.6. The topological polar surface area (TPSA) is 36.4 Å². The summed E-state index contributed by atoms with van der Waals surface area (Å²) in [7, 11) is 4.09. The van der Waals surface area contributed by atoms with Gasteiger partial charge in [0, 0.05) is 6.54 Å². The molecular formula is C23H29Cl2N3OS. The quantitative estimate of drug-likeness (QED) is 0.440. The molecule has 2 aromatic carbocycles. The molecule has 0 atom stereocenters. The van der Waals surface area contributed by atoms with Gasteiger partial charge in [0.05, 0.1) is 21.7 Å². The number of amides is 1. The fraction of sp³-hybridized carbons (Fsp3) is 0.391. The molecule has 162 valence electrons. The molecule has 1 heterocycles. The van der Waals surface area contributed by atoms with Gasteiger partial charge < -0.3 is 4.90 Å². The molecule has 0 aliphatic carbocycles. The molecule has 0 aliphatic rings. The van der Waals surface area contributed by atoms with Crippen LogP contribution in [-0.4, -0.2) is 43.0 Å². The lowest BCUT2D eigenvalue weighted by Crippen LogP contribution is -2.34. The molecule has 0 aliphatic heterocycles.